The highest BCUT2D eigenvalue weighted by molar-refractivity contribution is 6.33. The Balaban J connectivity index is 1.77. The second-order valence-electron chi connectivity index (χ2n) is 6.11. The van der Waals surface area contributed by atoms with Crippen molar-refractivity contribution in [3.8, 4) is 0 Å². The van der Waals surface area contributed by atoms with E-state index >= 15 is 0 Å². The van der Waals surface area contributed by atoms with Gasteiger partial charge in [0.25, 0.3) is 0 Å². The Bertz CT molecular complexity index is 614. The Hall–Kier alpha value is -1.75. The maximum Gasteiger partial charge on any atom is 0.311 e. The number of benzene rings is 1. The molecule has 0 radical (unpaired) electrons. The van der Waals surface area contributed by atoms with E-state index in [1.54, 1.807) is 4.90 Å². The molecule has 1 atom stereocenters. The number of esters is 1. The van der Waals surface area contributed by atoms with Gasteiger partial charge in [0.05, 0.1) is 23.7 Å². The van der Waals surface area contributed by atoms with Crippen LogP contribution >= 0.6 is 11.6 Å². The van der Waals surface area contributed by atoms with Gasteiger partial charge in [-0.05, 0) is 37.5 Å². The smallest absolute Gasteiger partial charge is 0.311 e. The zero-order valence-electron chi connectivity index (χ0n) is 13.3. The summed E-state index contributed by atoms with van der Waals surface area (Å²) in [6.07, 6.45) is 3.83. The molecule has 2 fully saturated rings. The summed E-state index contributed by atoms with van der Waals surface area (Å²) in [6, 6.07) is 5.71. The highest BCUT2D eigenvalue weighted by atomic mass is 35.5. The van der Waals surface area contributed by atoms with Gasteiger partial charge in [0.1, 0.15) is 0 Å². The molecule has 1 aromatic carbocycles. The van der Waals surface area contributed by atoms with Crippen LogP contribution in [0.5, 0.6) is 0 Å². The predicted molar refractivity (Wildman–Crippen MR) is 90.0 cm³/mol. The average Bonchev–Trinajstić information content (AvgIpc) is 2.96. The minimum Gasteiger partial charge on any atom is -0.469 e. The monoisotopic (exact) mass is 336 g/mol. The van der Waals surface area contributed by atoms with Gasteiger partial charge >= 0.3 is 5.97 Å². The van der Waals surface area contributed by atoms with Gasteiger partial charge in [-0.15, -0.1) is 0 Å². The molecular formula is C17H21ClN2O3. The number of rotatable bonds is 3. The molecule has 2 saturated heterocycles. The molecule has 2 heterocycles. The third-order valence-electron chi connectivity index (χ3n) is 4.60. The summed E-state index contributed by atoms with van der Waals surface area (Å²) in [6.45, 7) is 2.39. The highest BCUT2D eigenvalue weighted by Gasteiger charge is 2.36. The van der Waals surface area contributed by atoms with Gasteiger partial charge in [0.2, 0.25) is 5.91 Å². The van der Waals surface area contributed by atoms with E-state index in [9.17, 15) is 9.59 Å². The van der Waals surface area contributed by atoms with E-state index in [-0.39, 0.29) is 18.3 Å². The number of ether oxygens (including phenoxy) is 1. The molecule has 23 heavy (non-hydrogen) atoms. The molecule has 6 heteroatoms. The molecule has 5 nitrogen and oxygen atoms in total. The van der Waals surface area contributed by atoms with Crippen LogP contribution in [0.15, 0.2) is 18.2 Å². The van der Waals surface area contributed by atoms with Crippen molar-refractivity contribution >= 4 is 34.9 Å². The normalized spacial score (nSPS) is 21.7. The number of hydrogen-bond donors (Lipinski definition) is 0. The van der Waals surface area contributed by atoms with Crippen molar-refractivity contribution < 1.29 is 14.3 Å². The molecule has 0 spiro atoms. The van der Waals surface area contributed by atoms with Crippen LogP contribution in [0, 0.1) is 5.92 Å². The predicted octanol–water partition coefficient (Wildman–Crippen LogP) is 2.86. The molecule has 1 aromatic rings. The molecule has 1 unspecified atom stereocenters. The van der Waals surface area contributed by atoms with Gasteiger partial charge in [-0.3, -0.25) is 9.59 Å². The molecule has 3 rings (SSSR count). The van der Waals surface area contributed by atoms with E-state index in [2.05, 4.69) is 4.90 Å². The van der Waals surface area contributed by atoms with Gasteiger partial charge in [-0.25, -0.2) is 0 Å². The molecule has 0 bridgehead atoms. The lowest BCUT2D eigenvalue weighted by atomic mass is 10.1. The molecule has 2 aliphatic heterocycles. The first-order valence-corrected chi connectivity index (χ1v) is 8.40. The van der Waals surface area contributed by atoms with Crippen LogP contribution < -0.4 is 9.80 Å². The number of methoxy groups -OCH3 is 1. The van der Waals surface area contributed by atoms with Crippen molar-refractivity contribution in [2.45, 2.75) is 25.7 Å². The van der Waals surface area contributed by atoms with Crippen molar-refractivity contribution in [2.75, 3.05) is 36.5 Å². The minimum atomic E-state index is -0.395. The topological polar surface area (TPSA) is 49.9 Å². The van der Waals surface area contributed by atoms with Gasteiger partial charge in [-0.1, -0.05) is 11.6 Å². The van der Waals surface area contributed by atoms with E-state index in [1.165, 1.54) is 26.4 Å². The molecule has 1 amide bonds. The fourth-order valence-electron chi connectivity index (χ4n) is 3.34. The first-order valence-electron chi connectivity index (χ1n) is 8.03. The molecule has 124 valence electrons. The Morgan fingerprint density at radius 2 is 2.00 bits per heavy atom. The Kier molecular flexibility index (Phi) is 4.76. The molecule has 0 aliphatic carbocycles. The summed E-state index contributed by atoms with van der Waals surface area (Å²) in [4.78, 5) is 27.7. The SMILES string of the molecule is COC(=O)C1CC(=O)N(c2ccc(N3CCCCC3)c(Cl)c2)C1. The molecule has 0 aromatic heterocycles. The number of carbonyl (C=O) groups is 2. The Morgan fingerprint density at radius 1 is 1.26 bits per heavy atom. The van der Waals surface area contributed by atoms with Crippen molar-refractivity contribution in [2.24, 2.45) is 5.92 Å². The summed E-state index contributed by atoms with van der Waals surface area (Å²) in [7, 11) is 1.35. The fraction of sp³-hybridized carbons (Fsp3) is 0.529. The van der Waals surface area contributed by atoms with Crippen LogP contribution in [-0.2, 0) is 14.3 Å². The maximum atomic E-state index is 12.2. The van der Waals surface area contributed by atoms with E-state index in [4.69, 9.17) is 16.3 Å². The van der Waals surface area contributed by atoms with Gasteiger partial charge in [0, 0.05) is 31.7 Å². The molecular weight excluding hydrogens is 316 g/mol. The lowest BCUT2D eigenvalue weighted by Gasteiger charge is -2.30. The molecule has 0 saturated carbocycles. The fourth-order valence-corrected chi connectivity index (χ4v) is 3.63. The average molecular weight is 337 g/mol. The maximum absolute atomic E-state index is 12.2. The summed E-state index contributed by atoms with van der Waals surface area (Å²) in [5.74, 6) is -0.799. The molecule has 0 N–H and O–H groups in total. The van der Waals surface area contributed by atoms with Crippen LogP contribution in [0.25, 0.3) is 0 Å². The van der Waals surface area contributed by atoms with Crippen LogP contribution in [0.3, 0.4) is 0 Å². The van der Waals surface area contributed by atoms with E-state index in [0.29, 0.717) is 11.6 Å². The van der Waals surface area contributed by atoms with E-state index in [0.717, 1.165) is 24.5 Å². The second-order valence-corrected chi connectivity index (χ2v) is 6.52. The lowest BCUT2D eigenvalue weighted by Crippen LogP contribution is -2.30. The van der Waals surface area contributed by atoms with Crippen molar-refractivity contribution in [3.05, 3.63) is 23.2 Å². The number of hydrogen-bond acceptors (Lipinski definition) is 4. The standard InChI is InChI=1S/C17H21ClN2O3/c1-23-17(22)12-9-16(21)20(11-12)13-5-6-15(14(18)10-13)19-7-3-2-4-8-19/h5-6,10,12H,2-4,7-9,11H2,1H3. The zero-order valence-corrected chi connectivity index (χ0v) is 14.0. The third-order valence-corrected chi connectivity index (χ3v) is 4.90. The quantitative estimate of drug-likeness (QED) is 0.796. The summed E-state index contributed by atoms with van der Waals surface area (Å²) >= 11 is 6.44. The van der Waals surface area contributed by atoms with Crippen molar-refractivity contribution in [1.82, 2.24) is 0 Å². The van der Waals surface area contributed by atoms with E-state index < -0.39 is 5.92 Å². The Labute approximate surface area is 141 Å². The molecule has 2 aliphatic rings. The number of anilines is 2. The van der Waals surface area contributed by atoms with Crippen LogP contribution in [0.2, 0.25) is 5.02 Å². The number of piperidine rings is 1. The van der Waals surface area contributed by atoms with Gasteiger partial charge < -0.3 is 14.5 Å². The van der Waals surface area contributed by atoms with Gasteiger partial charge in [-0.2, -0.15) is 0 Å². The van der Waals surface area contributed by atoms with Crippen LogP contribution in [0.4, 0.5) is 11.4 Å². The highest BCUT2D eigenvalue weighted by Crippen LogP contribution is 2.34. The number of amides is 1. The number of carbonyl (C=O) groups excluding carboxylic acids is 2. The second kappa shape index (κ2) is 6.79. The number of nitrogens with zero attached hydrogens (tertiary/aromatic N) is 2. The number of halogens is 1. The minimum absolute atomic E-state index is 0.0674. The lowest BCUT2D eigenvalue weighted by molar-refractivity contribution is -0.145. The third kappa shape index (κ3) is 3.29. The van der Waals surface area contributed by atoms with Gasteiger partial charge in [0.15, 0.2) is 0 Å². The summed E-state index contributed by atoms with van der Waals surface area (Å²) < 4.78 is 4.74. The van der Waals surface area contributed by atoms with Crippen molar-refractivity contribution in [3.63, 3.8) is 0 Å². The van der Waals surface area contributed by atoms with E-state index in [1.807, 2.05) is 18.2 Å². The van der Waals surface area contributed by atoms with Crippen molar-refractivity contribution in [1.29, 1.82) is 0 Å². The summed E-state index contributed by atoms with van der Waals surface area (Å²) in [5.41, 5.74) is 1.76. The zero-order chi connectivity index (χ0) is 16.4. The largest absolute Gasteiger partial charge is 0.469 e. The van der Waals surface area contributed by atoms with Crippen LogP contribution in [0.1, 0.15) is 25.7 Å². The first kappa shape index (κ1) is 16.1. The summed E-state index contributed by atoms with van der Waals surface area (Å²) in [5, 5.41) is 0.652. The first-order chi connectivity index (χ1) is 11.1. The van der Waals surface area contributed by atoms with Crippen LogP contribution in [-0.4, -0.2) is 38.6 Å². The Morgan fingerprint density at radius 3 is 2.65 bits per heavy atom.